The van der Waals surface area contributed by atoms with Crippen LogP contribution in [0.2, 0.25) is 0 Å². The molecule has 50 heavy (non-hydrogen) atoms. The first-order valence-corrected chi connectivity index (χ1v) is 16.3. The zero-order valence-electron chi connectivity index (χ0n) is 26.8. The highest BCUT2D eigenvalue weighted by Gasteiger charge is 2.20. The number of pyridine rings is 2. The SMILES string of the molecule is Nc1ccccc1-c1c2nc(c(-c3ccncc3)c3ccc([nH]3)c(-c3ccccc3N)c3nc(c(-c4ccncc4)c4ccc1[nH]4)C=C3)C=C2. The number of nitrogens with two attached hydrogens (primary N) is 2. The molecule has 6 N–H and O–H groups in total. The maximum Gasteiger partial charge on any atom is 0.0738 e. The number of aromatic nitrogens is 6. The number of hydrogen-bond acceptors (Lipinski definition) is 6. The highest BCUT2D eigenvalue weighted by molar-refractivity contribution is 6.01. The molecule has 2 aromatic carbocycles. The van der Waals surface area contributed by atoms with E-state index < -0.39 is 0 Å². The molecule has 7 aromatic rings. The predicted octanol–water partition coefficient (Wildman–Crippen LogP) is 9.28. The van der Waals surface area contributed by atoms with Gasteiger partial charge in [0.2, 0.25) is 0 Å². The van der Waals surface area contributed by atoms with Crippen molar-refractivity contribution in [1.82, 2.24) is 29.9 Å². The Morgan fingerprint density at radius 1 is 0.380 bits per heavy atom. The van der Waals surface area contributed by atoms with Gasteiger partial charge in [-0.2, -0.15) is 0 Å². The number of aromatic amines is 2. The minimum absolute atomic E-state index is 0.661. The number of nitrogen functional groups attached to an aromatic ring is 2. The van der Waals surface area contributed by atoms with Gasteiger partial charge in [-0.05, 0) is 96.1 Å². The van der Waals surface area contributed by atoms with E-state index in [1.807, 2.05) is 72.8 Å². The lowest BCUT2D eigenvalue weighted by molar-refractivity contribution is 1.30. The van der Waals surface area contributed by atoms with Crippen molar-refractivity contribution >= 4 is 57.7 Å². The molecule has 0 radical (unpaired) electrons. The summed E-state index contributed by atoms with van der Waals surface area (Å²) in [5, 5.41) is 0. The van der Waals surface area contributed by atoms with E-state index in [1.165, 1.54) is 0 Å². The van der Waals surface area contributed by atoms with E-state index in [0.717, 1.165) is 89.4 Å². The number of rotatable bonds is 4. The molecule has 0 fully saturated rings. The lowest BCUT2D eigenvalue weighted by Gasteiger charge is -2.08. The Bertz CT molecular complexity index is 2480. The summed E-state index contributed by atoms with van der Waals surface area (Å²) in [6.07, 6.45) is 15.4. The van der Waals surface area contributed by atoms with Gasteiger partial charge in [0.25, 0.3) is 0 Å². The van der Waals surface area contributed by atoms with E-state index >= 15 is 0 Å². The molecule has 8 nitrogen and oxygen atoms in total. The number of H-pyrrole nitrogens is 2. The van der Waals surface area contributed by atoms with Crippen molar-refractivity contribution < 1.29 is 0 Å². The van der Waals surface area contributed by atoms with Gasteiger partial charge in [-0.1, -0.05) is 36.4 Å². The Kier molecular flexibility index (Phi) is 6.91. The molecule has 0 unspecified atom stereocenters. The second-order valence-electron chi connectivity index (χ2n) is 12.1. The van der Waals surface area contributed by atoms with Crippen molar-refractivity contribution in [2.75, 3.05) is 11.5 Å². The van der Waals surface area contributed by atoms with Crippen molar-refractivity contribution in [3.05, 3.63) is 145 Å². The van der Waals surface area contributed by atoms with Crippen LogP contribution >= 0.6 is 0 Å². The Hall–Kier alpha value is -7.06. The van der Waals surface area contributed by atoms with Crippen LogP contribution in [-0.4, -0.2) is 29.9 Å². The van der Waals surface area contributed by atoms with Gasteiger partial charge in [0.1, 0.15) is 0 Å². The van der Waals surface area contributed by atoms with Crippen LogP contribution in [0.25, 0.3) is 90.9 Å². The number of fused-ring (bicyclic) bond motifs is 8. The number of nitrogens with one attached hydrogen (secondary N) is 2. The van der Waals surface area contributed by atoms with Crippen LogP contribution in [0.15, 0.2) is 122 Å². The van der Waals surface area contributed by atoms with Crippen LogP contribution in [0.1, 0.15) is 22.8 Å². The minimum Gasteiger partial charge on any atom is -0.398 e. The molecule has 2 aliphatic rings. The average molecular weight is 647 g/mol. The predicted molar refractivity (Wildman–Crippen MR) is 205 cm³/mol. The Balaban J connectivity index is 1.50. The molecule has 0 saturated heterocycles. The monoisotopic (exact) mass is 646 g/mol. The first-order valence-electron chi connectivity index (χ1n) is 16.3. The molecule has 2 aliphatic heterocycles. The van der Waals surface area contributed by atoms with Gasteiger partial charge >= 0.3 is 0 Å². The maximum absolute atomic E-state index is 6.65. The second kappa shape index (κ2) is 11.9. The van der Waals surface area contributed by atoms with Gasteiger partial charge in [0, 0.05) is 91.6 Å². The average Bonchev–Trinajstić information content (AvgIpc) is 3.98. The van der Waals surface area contributed by atoms with E-state index in [-0.39, 0.29) is 0 Å². The number of para-hydroxylation sites is 2. The minimum atomic E-state index is 0.661. The first-order chi connectivity index (χ1) is 24.6. The fourth-order valence-electron chi connectivity index (χ4n) is 6.87. The molecule has 7 heterocycles. The molecule has 0 saturated carbocycles. The van der Waals surface area contributed by atoms with Crippen LogP contribution in [0.4, 0.5) is 11.4 Å². The van der Waals surface area contributed by atoms with Crippen LogP contribution in [0.5, 0.6) is 0 Å². The summed E-state index contributed by atoms with van der Waals surface area (Å²) in [5.74, 6) is 0. The molecule has 5 aromatic heterocycles. The second-order valence-corrected chi connectivity index (χ2v) is 12.1. The largest absolute Gasteiger partial charge is 0.398 e. The van der Waals surface area contributed by atoms with Crippen molar-refractivity contribution in [2.45, 2.75) is 0 Å². The molecular formula is C42H30N8. The smallest absolute Gasteiger partial charge is 0.0738 e. The van der Waals surface area contributed by atoms with E-state index in [2.05, 4.69) is 68.5 Å². The third kappa shape index (κ3) is 4.94. The third-order valence-electron chi connectivity index (χ3n) is 9.15. The molecular weight excluding hydrogens is 617 g/mol. The van der Waals surface area contributed by atoms with E-state index in [4.69, 9.17) is 21.4 Å². The van der Waals surface area contributed by atoms with Crippen LogP contribution in [-0.2, 0) is 0 Å². The summed E-state index contributed by atoms with van der Waals surface area (Å²) < 4.78 is 0. The van der Waals surface area contributed by atoms with Gasteiger partial charge in [-0.25, -0.2) is 9.97 Å². The molecule has 0 aliphatic carbocycles. The van der Waals surface area contributed by atoms with E-state index in [1.54, 1.807) is 24.8 Å². The Morgan fingerprint density at radius 3 is 1.10 bits per heavy atom. The van der Waals surface area contributed by atoms with E-state index in [0.29, 0.717) is 11.4 Å². The lowest BCUT2D eigenvalue weighted by Crippen LogP contribution is -1.93. The lowest BCUT2D eigenvalue weighted by atomic mass is 10.0. The molecule has 8 heteroatoms. The fourth-order valence-corrected chi connectivity index (χ4v) is 6.87. The number of nitrogens with zero attached hydrogens (tertiary/aromatic N) is 4. The molecule has 0 spiro atoms. The molecule has 9 rings (SSSR count). The zero-order chi connectivity index (χ0) is 33.6. The Labute approximate surface area is 287 Å². The standard InChI is InChI=1S/C42H30N8/c43-29-7-3-1-5-27(29)41-35-13-9-31(47-35)39(25-17-21-45-22-18-25)33-11-15-37(49-33)42(28-6-2-4-8-30(28)44)38-16-12-34(50-38)40(26-19-23-46-24-20-26)32-10-14-36(41)48-32/h1-24,47,50H,43-44H2. The summed E-state index contributed by atoms with van der Waals surface area (Å²) in [4.78, 5) is 26.7. The normalized spacial score (nSPS) is 12.0. The van der Waals surface area contributed by atoms with Gasteiger partial charge in [-0.15, -0.1) is 0 Å². The molecule has 0 atom stereocenters. The summed E-state index contributed by atoms with van der Waals surface area (Å²) in [6.45, 7) is 0. The summed E-state index contributed by atoms with van der Waals surface area (Å²) in [5.41, 5.74) is 28.8. The van der Waals surface area contributed by atoms with E-state index in [9.17, 15) is 0 Å². The summed E-state index contributed by atoms with van der Waals surface area (Å²) in [7, 11) is 0. The Morgan fingerprint density at radius 2 is 0.720 bits per heavy atom. The number of anilines is 2. The number of benzene rings is 2. The van der Waals surface area contributed by atoms with Crippen molar-refractivity contribution in [3.63, 3.8) is 0 Å². The van der Waals surface area contributed by atoms with Crippen molar-refractivity contribution in [2.24, 2.45) is 0 Å². The van der Waals surface area contributed by atoms with Crippen LogP contribution < -0.4 is 11.5 Å². The van der Waals surface area contributed by atoms with Gasteiger partial charge in [-0.3, -0.25) is 9.97 Å². The molecule has 8 bridgehead atoms. The number of hydrogen-bond donors (Lipinski definition) is 4. The first kappa shape index (κ1) is 29.1. The summed E-state index contributed by atoms with van der Waals surface area (Å²) >= 11 is 0. The highest BCUT2D eigenvalue weighted by atomic mass is 14.8. The zero-order valence-corrected chi connectivity index (χ0v) is 26.8. The van der Waals surface area contributed by atoms with Crippen LogP contribution in [0.3, 0.4) is 0 Å². The molecule has 0 amide bonds. The van der Waals surface area contributed by atoms with Gasteiger partial charge < -0.3 is 21.4 Å². The third-order valence-corrected chi connectivity index (χ3v) is 9.15. The quantitative estimate of drug-likeness (QED) is 0.141. The highest BCUT2D eigenvalue weighted by Crippen LogP contribution is 2.39. The topological polar surface area (TPSA) is 135 Å². The van der Waals surface area contributed by atoms with Crippen LogP contribution in [0, 0.1) is 0 Å². The maximum atomic E-state index is 6.65. The van der Waals surface area contributed by atoms with Gasteiger partial charge in [0.05, 0.1) is 22.8 Å². The van der Waals surface area contributed by atoms with Crippen molar-refractivity contribution in [3.8, 4) is 44.5 Å². The molecule has 238 valence electrons. The fraction of sp³-hybridized carbons (Fsp3) is 0. The van der Waals surface area contributed by atoms with Crippen molar-refractivity contribution in [1.29, 1.82) is 0 Å². The summed E-state index contributed by atoms with van der Waals surface area (Å²) in [6, 6.07) is 32.1. The van der Waals surface area contributed by atoms with Gasteiger partial charge in [0.15, 0.2) is 0 Å².